The zero-order valence-electron chi connectivity index (χ0n) is 14.9. The minimum atomic E-state index is -0.350. The van der Waals surface area contributed by atoms with E-state index in [2.05, 4.69) is 15.5 Å². The molecule has 0 aliphatic carbocycles. The first-order chi connectivity index (χ1) is 13.6. The molecule has 5 nitrogen and oxygen atoms in total. The summed E-state index contributed by atoms with van der Waals surface area (Å²) in [5.74, 6) is -0.207. The van der Waals surface area contributed by atoms with Crippen LogP contribution in [0.2, 0.25) is 0 Å². The van der Waals surface area contributed by atoms with E-state index in [9.17, 15) is 13.6 Å². The first-order valence-electron chi connectivity index (χ1n) is 9.03. The van der Waals surface area contributed by atoms with Gasteiger partial charge >= 0.3 is 0 Å². The maximum atomic E-state index is 13.4. The van der Waals surface area contributed by atoms with E-state index >= 15 is 0 Å². The molecule has 3 aromatic rings. The predicted molar refractivity (Wildman–Crippen MR) is 103 cm³/mol. The van der Waals surface area contributed by atoms with Crippen LogP contribution in [-0.2, 0) is 4.79 Å². The van der Waals surface area contributed by atoms with Gasteiger partial charge in [-0.15, -0.1) is 10.2 Å². The van der Waals surface area contributed by atoms with Crippen LogP contribution in [0.3, 0.4) is 0 Å². The first-order valence-corrected chi connectivity index (χ1v) is 9.91. The third kappa shape index (κ3) is 3.91. The van der Waals surface area contributed by atoms with Gasteiger partial charge in [-0.3, -0.25) is 9.36 Å². The number of halogens is 2. The Morgan fingerprint density at radius 3 is 2.36 bits per heavy atom. The van der Waals surface area contributed by atoms with Crippen molar-refractivity contribution in [3.63, 3.8) is 0 Å². The molecule has 1 N–H and O–H groups in total. The maximum absolute atomic E-state index is 13.4. The van der Waals surface area contributed by atoms with E-state index in [0.717, 1.165) is 19.3 Å². The molecule has 0 spiro atoms. The number of amides is 1. The molecule has 28 heavy (non-hydrogen) atoms. The SMILES string of the molecule is O=C1NCCCC[C@@H]1Sc1nnc(-c2ccc(F)cc2)n1-c1ccc(F)cc1. The summed E-state index contributed by atoms with van der Waals surface area (Å²) in [5, 5.41) is 11.7. The Bertz CT molecular complexity index is 973. The number of thioether (sulfide) groups is 1. The van der Waals surface area contributed by atoms with Crippen LogP contribution in [0.1, 0.15) is 19.3 Å². The van der Waals surface area contributed by atoms with Crippen molar-refractivity contribution in [2.75, 3.05) is 6.54 Å². The molecule has 4 rings (SSSR count). The Morgan fingerprint density at radius 2 is 1.64 bits per heavy atom. The molecule has 0 unspecified atom stereocenters. The van der Waals surface area contributed by atoms with Gasteiger partial charge in [-0.05, 0) is 61.4 Å². The molecule has 8 heteroatoms. The van der Waals surface area contributed by atoms with Crippen molar-refractivity contribution in [3.8, 4) is 17.1 Å². The summed E-state index contributed by atoms with van der Waals surface area (Å²) in [5.41, 5.74) is 1.35. The van der Waals surface area contributed by atoms with Crippen molar-refractivity contribution < 1.29 is 13.6 Å². The zero-order chi connectivity index (χ0) is 19.5. The second-order valence-corrected chi connectivity index (χ2v) is 7.69. The Hall–Kier alpha value is -2.74. The summed E-state index contributed by atoms with van der Waals surface area (Å²) in [7, 11) is 0. The fourth-order valence-electron chi connectivity index (χ4n) is 3.11. The van der Waals surface area contributed by atoms with Crippen LogP contribution >= 0.6 is 11.8 Å². The summed E-state index contributed by atoms with van der Waals surface area (Å²) < 4.78 is 28.5. The van der Waals surface area contributed by atoms with E-state index in [1.165, 1.54) is 36.0 Å². The molecule has 1 aliphatic heterocycles. The number of nitrogens with zero attached hydrogens (tertiary/aromatic N) is 3. The molecule has 0 saturated carbocycles. The second-order valence-electron chi connectivity index (χ2n) is 6.52. The third-order valence-electron chi connectivity index (χ3n) is 4.55. The lowest BCUT2D eigenvalue weighted by atomic mass is 10.2. The number of benzene rings is 2. The van der Waals surface area contributed by atoms with Gasteiger partial charge in [0, 0.05) is 17.8 Å². The van der Waals surface area contributed by atoms with Gasteiger partial charge in [0.1, 0.15) is 11.6 Å². The first kappa shape index (κ1) is 18.6. The molecule has 1 saturated heterocycles. The molecular formula is C20H18F2N4OS. The zero-order valence-corrected chi connectivity index (χ0v) is 15.8. The average molecular weight is 400 g/mol. The highest BCUT2D eigenvalue weighted by atomic mass is 32.2. The number of aromatic nitrogens is 3. The topological polar surface area (TPSA) is 59.8 Å². The van der Waals surface area contributed by atoms with Gasteiger partial charge in [0.15, 0.2) is 11.0 Å². The number of hydrogen-bond donors (Lipinski definition) is 1. The summed E-state index contributed by atoms with van der Waals surface area (Å²) >= 11 is 1.34. The Morgan fingerprint density at radius 1 is 0.964 bits per heavy atom. The van der Waals surface area contributed by atoms with Gasteiger partial charge in [-0.2, -0.15) is 0 Å². The van der Waals surface area contributed by atoms with E-state index in [1.807, 2.05) is 0 Å². The molecular weight excluding hydrogens is 382 g/mol. The van der Waals surface area contributed by atoms with Crippen molar-refractivity contribution in [2.45, 2.75) is 29.7 Å². The van der Waals surface area contributed by atoms with Gasteiger partial charge in [0.05, 0.1) is 5.25 Å². The van der Waals surface area contributed by atoms with Crippen molar-refractivity contribution in [1.82, 2.24) is 20.1 Å². The lowest BCUT2D eigenvalue weighted by molar-refractivity contribution is -0.120. The molecule has 2 aromatic carbocycles. The molecule has 1 aliphatic rings. The second kappa shape index (κ2) is 8.10. The quantitative estimate of drug-likeness (QED) is 0.720. The summed E-state index contributed by atoms with van der Waals surface area (Å²) in [6.45, 7) is 0.682. The van der Waals surface area contributed by atoms with Crippen LogP contribution in [0.4, 0.5) is 8.78 Å². The van der Waals surface area contributed by atoms with Gasteiger partial charge in [0.2, 0.25) is 5.91 Å². The van der Waals surface area contributed by atoms with Crippen LogP contribution < -0.4 is 5.32 Å². The van der Waals surface area contributed by atoms with Crippen LogP contribution in [0, 0.1) is 11.6 Å². The Kier molecular flexibility index (Phi) is 5.38. The van der Waals surface area contributed by atoms with Crippen LogP contribution in [-0.4, -0.2) is 32.5 Å². The van der Waals surface area contributed by atoms with Gasteiger partial charge in [0.25, 0.3) is 0 Å². The summed E-state index contributed by atoms with van der Waals surface area (Å²) in [6.07, 6.45) is 2.65. The van der Waals surface area contributed by atoms with E-state index in [0.29, 0.717) is 28.8 Å². The fraction of sp³-hybridized carbons (Fsp3) is 0.250. The number of hydrogen-bond acceptors (Lipinski definition) is 4. The smallest absolute Gasteiger partial charge is 0.233 e. The minimum absolute atomic E-state index is 0.0144. The lowest BCUT2D eigenvalue weighted by Gasteiger charge is -2.14. The van der Waals surface area contributed by atoms with Crippen LogP contribution in [0.15, 0.2) is 53.7 Å². The Balaban J connectivity index is 1.76. The van der Waals surface area contributed by atoms with Gasteiger partial charge in [-0.1, -0.05) is 18.2 Å². The lowest BCUT2D eigenvalue weighted by Crippen LogP contribution is -2.30. The third-order valence-corrected chi connectivity index (χ3v) is 5.76. The van der Waals surface area contributed by atoms with Crippen molar-refractivity contribution in [2.24, 2.45) is 0 Å². The average Bonchev–Trinajstić information content (AvgIpc) is 3.00. The molecule has 144 valence electrons. The standard InChI is InChI=1S/C20H18F2N4OS/c21-14-6-4-13(5-7-14)18-24-25-20(26(18)16-10-8-15(22)9-11-16)28-17-3-1-2-12-23-19(17)27/h4-11,17H,1-3,12H2,(H,23,27)/t17-/m0/s1. The number of rotatable bonds is 4. The Labute approximate surface area is 165 Å². The molecule has 1 aromatic heterocycles. The molecule has 1 amide bonds. The van der Waals surface area contributed by atoms with E-state index in [-0.39, 0.29) is 22.8 Å². The highest BCUT2D eigenvalue weighted by molar-refractivity contribution is 8.00. The minimum Gasteiger partial charge on any atom is -0.355 e. The van der Waals surface area contributed by atoms with Crippen LogP contribution in [0.5, 0.6) is 0 Å². The van der Waals surface area contributed by atoms with Crippen molar-refractivity contribution >= 4 is 17.7 Å². The van der Waals surface area contributed by atoms with Crippen molar-refractivity contribution in [1.29, 1.82) is 0 Å². The highest BCUT2D eigenvalue weighted by Gasteiger charge is 2.26. The van der Waals surface area contributed by atoms with Gasteiger partial charge in [-0.25, -0.2) is 8.78 Å². The van der Waals surface area contributed by atoms with Crippen molar-refractivity contribution in [3.05, 3.63) is 60.2 Å². The number of carbonyl (C=O) groups is 1. The fourth-order valence-corrected chi connectivity index (χ4v) is 4.22. The predicted octanol–water partition coefficient (Wildman–Crippen LogP) is 3.97. The largest absolute Gasteiger partial charge is 0.355 e. The highest BCUT2D eigenvalue weighted by Crippen LogP contribution is 2.32. The molecule has 1 fully saturated rings. The monoisotopic (exact) mass is 400 g/mol. The molecule has 1 atom stereocenters. The van der Waals surface area contributed by atoms with E-state index < -0.39 is 0 Å². The summed E-state index contributed by atoms with van der Waals surface area (Å²) in [4.78, 5) is 12.3. The van der Waals surface area contributed by atoms with E-state index in [1.54, 1.807) is 28.8 Å². The van der Waals surface area contributed by atoms with Gasteiger partial charge < -0.3 is 5.32 Å². The normalized spacial score (nSPS) is 17.2. The molecule has 0 bridgehead atoms. The molecule has 2 heterocycles. The van der Waals surface area contributed by atoms with E-state index in [4.69, 9.17) is 0 Å². The summed E-state index contributed by atoms with van der Waals surface area (Å²) in [6, 6.07) is 11.9. The molecule has 0 radical (unpaired) electrons. The number of nitrogens with one attached hydrogen (secondary N) is 1. The maximum Gasteiger partial charge on any atom is 0.233 e. The number of carbonyl (C=O) groups excluding carboxylic acids is 1. The van der Waals surface area contributed by atoms with Crippen LogP contribution in [0.25, 0.3) is 17.1 Å².